The summed E-state index contributed by atoms with van der Waals surface area (Å²) >= 11 is 3.45. The van der Waals surface area contributed by atoms with Gasteiger partial charge in [0.1, 0.15) is 12.0 Å². The fraction of sp³-hybridized carbons (Fsp3) is 0.375. The maximum absolute atomic E-state index is 9.03. The molecular weight excluding hydrogens is 372 g/mol. The van der Waals surface area contributed by atoms with E-state index in [0.29, 0.717) is 18.1 Å². The van der Waals surface area contributed by atoms with Crippen LogP contribution in [0.5, 0.6) is 0 Å². The van der Waals surface area contributed by atoms with Crippen LogP contribution in [0.4, 0.5) is 23.0 Å². The molecule has 0 radical (unpaired) electrons. The molecule has 1 aromatic heterocycles. The highest BCUT2D eigenvalue weighted by atomic mass is 79.9. The van der Waals surface area contributed by atoms with Gasteiger partial charge in [0, 0.05) is 42.9 Å². The number of halogens is 1. The van der Waals surface area contributed by atoms with Crippen molar-refractivity contribution in [3.05, 3.63) is 35.1 Å². The number of hydrogen-bond donors (Lipinski definition) is 3. The normalized spacial score (nSPS) is 15.5. The monoisotopic (exact) mass is 392 g/mol. The molecule has 0 bridgehead atoms. The standard InChI is InChI=1S/C16H21BrN6O/c17-12-2-1-3-13(10-12)21-15-14(18)16(20-11-19-15)23-6-4-22(5-7-23)8-9-24/h1-3,10-11,24H,4-9,18H2,(H,19,20,21). The Morgan fingerprint density at radius 2 is 2.00 bits per heavy atom. The van der Waals surface area contributed by atoms with Gasteiger partial charge >= 0.3 is 0 Å². The van der Waals surface area contributed by atoms with Gasteiger partial charge in [0.05, 0.1) is 6.61 Å². The van der Waals surface area contributed by atoms with Gasteiger partial charge in [-0.3, -0.25) is 4.90 Å². The van der Waals surface area contributed by atoms with Gasteiger partial charge < -0.3 is 21.1 Å². The Morgan fingerprint density at radius 1 is 1.21 bits per heavy atom. The van der Waals surface area contributed by atoms with Crippen LogP contribution in [0, 0.1) is 0 Å². The molecule has 2 aromatic rings. The van der Waals surface area contributed by atoms with Crippen molar-refractivity contribution in [3.63, 3.8) is 0 Å². The van der Waals surface area contributed by atoms with E-state index in [2.05, 4.69) is 41.0 Å². The summed E-state index contributed by atoms with van der Waals surface area (Å²) in [6.07, 6.45) is 1.53. The Balaban J connectivity index is 1.74. The number of nitrogens with two attached hydrogens (primary N) is 1. The van der Waals surface area contributed by atoms with Gasteiger partial charge in [0.2, 0.25) is 0 Å². The first kappa shape index (κ1) is 16.9. The predicted molar refractivity (Wildman–Crippen MR) is 99.6 cm³/mol. The highest BCUT2D eigenvalue weighted by Gasteiger charge is 2.21. The minimum absolute atomic E-state index is 0.191. The van der Waals surface area contributed by atoms with E-state index in [4.69, 9.17) is 10.8 Å². The average Bonchev–Trinajstić information content (AvgIpc) is 2.58. The van der Waals surface area contributed by atoms with E-state index in [1.807, 2.05) is 24.3 Å². The smallest absolute Gasteiger partial charge is 0.159 e. The summed E-state index contributed by atoms with van der Waals surface area (Å²) in [4.78, 5) is 13.0. The summed E-state index contributed by atoms with van der Waals surface area (Å²) in [5.74, 6) is 1.36. The summed E-state index contributed by atoms with van der Waals surface area (Å²) < 4.78 is 0.986. The summed E-state index contributed by atoms with van der Waals surface area (Å²) in [6.45, 7) is 4.34. The number of rotatable bonds is 5. The summed E-state index contributed by atoms with van der Waals surface area (Å²) in [5.41, 5.74) is 7.76. The zero-order chi connectivity index (χ0) is 16.9. The lowest BCUT2D eigenvalue weighted by molar-refractivity contribution is 0.188. The highest BCUT2D eigenvalue weighted by Crippen LogP contribution is 2.29. The number of nitrogens with zero attached hydrogens (tertiary/aromatic N) is 4. The number of benzene rings is 1. The first-order chi connectivity index (χ1) is 11.7. The molecule has 4 N–H and O–H groups in total. The van der Waals surface area contributed by atoms with Crippen LogP contribution in [0.1, 0.15) is 0 Å². The number of aliphatic hydroxyl groups excluding tert-OH is 1. The minimum Gasteiger partial charge on any atom is -0.395 e. The second kappa shape index (κ2) is 7.78. The number of nitrogens with one attached hydrogen (secondary N) is 1. The number of hydrogen-bond acceptors (Lipinski definition) is 7. The lowest BCUT2D eigenvalue weighted by Crippen LogP contribution is -2.47. The molecule has 1 aliphatic heterocycles. The molecule has 24 heavy (non-hydrogen) atoms. The van der Waals surface area contributed by atoms with E-state index in [1.54, 1.807) is 0 Å². The van der Waals surface area contributed by atoms with Gasteiger partial charge in [-0.2, -0.15) is 0 Å². The van der Waals surface area contributed by atoms with Crippen molar-refractivity contribution in [2.24, 2.45) is 0 Å². The first-order valence-corrected chi connectivity index (χ1v) is 8.68. The molecule has 1 fully saturated rings. The third-order valence-corrected chi connectivity index (χ3v) is 4.53. The van der Waals surface area contributed by atoms with Crippen LogP contribution < -0.4 is 16.0 Å². The molecule has 0 unspecified atom stereocenters. The number of anilines is 4. The topological polar surface area (TPSA) is 90.5 Å². The van der Waals surface area contributed by atoms with Gasteiger partial charge in [0.25, 0.3) is 0 Å². The molecule has 0 amide bonds. The first-order valence-electron chi connectivity index (χ1n) is 7.88. The van der Waals surface area contributed by atoms with Crippen molar-refractivity contribution in [3.8, 4) is 0 Å². The molecule has 1 aliphatic rings. The van der Waals surface area contributed by atoms with Crippen molar-refractivity contribution in [1.82, 2.24) is 14.9 Å². The van der Waals surface area contributed by atoms with Crippen molar-refractivity contribution in [2.45, 2.75) is 0 Å². The summed E-state index contributed by atoms with van der Waals surface area (Å²) in [7, 11) is 0. The third kappa shape index (κ3) is 3.95. The van der Waals surface area contributed by atoms with Crippen LogP contribution >= 0.6 is 15.9 Å². The molecule has 0 aliphatic carbocycles. The molecule has 0 saturated carbocycles. The predicted octanol–water partition coefficient (Wildman–Crippen LogP) is 1.68. The van der Waals surface area contributed by atoms with Gasteiger partial charge in [-0.25, -0.2) is 9.97 Å². The average molecular weight is 393 g/mol. The van der Waals surface area contributed by atoms with Crippen molar-refractivity contribution < 1.29 is 5.11 Å². The van der Waals surface area contributed by atoms with Crippen molar-refractivity contribution in [1.29, 1.82) is 0 Å². The highest BCUT2D eigenvalue weighted by molar-refractivity contribution is 9.10. The largest absolute Gasteiger partial charge is 0.395 e. The lowest BCUT2D eigenvalue weighted by atomic mass is 10.2. The van der Waals surface area contributed by atoms with Crippen molar-refractivity contribution in [2.75, 3.05) is 55.3 Å². The van der Waals surface area contributed by atoms with E-state index in [1.165, 1.54) is 6.33 Å². The van der Waals surface area contributed by atoms with Crippen molar-refractivity contribution >= 4 is 38.9 Å². The molecule has 1 aromatic carbocycles. The Kier molecular flexibility index (Phi) is 5.49. The summed E-state index contributed by atoms with van der Waals surface area (Å²) in [5, 5.41) is 12.3. The maximum atomic E-state index is 9.03. The van der Waals surface area contributed by atoms with Gasteiger partial charge in [-0.15, -0.1) is 0 Å². The molecule has 7 nitrogen and oxygen atoms in total. The second-order valence-electron chi connectivity index (χ2n) is 5.65. The molecule has 0 atom stereocenters. The van der Waals surface area contributed by atoms with Crippen LogP contribution in [0.15, 0.2) is 35.1 Å². The maximum Gasteiger partial charge on any atom is 0.159 e. The van der Waals surface area contributed by atoms with Gasteiger partial charge in [-0.1, -0.05) is 22.0 Å². The Bertz CT molecular complexity index is 690. The van der Waals surface area contributed by atoms with E-state index in [-0.39, 0.29) is 6.61 Å². The van der Waals surface area contributed by atoms with E-state index >= 15 is 0 Å². The Labute approximate surface area is 149 Å². The van der Waals surface area contributed by atoms with Gasteiger partial charge in [-0.05, 0) is 18.2 Å². The molecular formula is C16H21BrN6O. The van der Waals surface area contributed by atoms with Crippen LogP contribution in [-0.4, -0.2) is 59.3 Å². The fourth-order valence-corrected chi connectivity index (χ4v) is 3.16. The number of piperazine rings is 1. The fourth-order valence-electron chi connectivity index (χ4n) is 2.77. The molecule has 128 valence electrons. The van der Waals surface area contributed by atoms with Crippen LogP contribution in [0.25, 0.3) is 0 Å². The van der Waals surface area contributed by atoms with Gasteiger partial charge in [0.15, 0.2) is 11.6 Å². The molecule has 2 heterocycles. The third-order valence-electron chi connectivity index (χ3n) is 4.04. The molecule has 8 heteroatoms. The number of aromatic nitrogens is 2. The van der Waals surface area contributed by atoms with Crippen LogP contribution in [0.3, 0.4) is 0 Å². The molecule has 1 saturated heterocycles. The minimum atomic E-state index is 0.191. The zero-order valence-corrected chi connectivity index (χ0v) is 14.9. The SMILES string of the molecule is Nc1c(Nc2cccc(Br)c2)ncnc1N1CCN(CCO)CC1. The van der Waals surface area contributed by atoms with E-state index in [9.17, 15) is 0 Å². The number of nitrogen functional groups attached to an aromatic ring is 1. The Morgan fingerprint density at radius 3 is 2.71 bits per heavy atom. The Hall–Kier alpha value is -1.90. The van der Waals surface area contributed by atoms with E-state index < -0.39 is 0 Å². The quantitative estimate of drug-likeness (QED) is 0.712. The van der Waals surface area contributed by atoms with E-state index in [0.717, 1.165) is 42.2 Å². The number of aliphatic hydroxyl groups is 1. The lowest BCUT2D eigenvalue weighted by Gasteiger charge is -2.35. The molecule has 3 rings (SSSR count). The summed E-state index contributed by atoms with van der Waals surface area (Å²) in [6, 6.07) is 7.84. The number of β-amino-alcohol motifs (C(OH)–C–C–N with tert-alkyl or cyclic N) is 1. The molecule has 0 spiro atoms. The van der Waals surface area contributed by atoms with Crippen LogP contribution in [-0.2, 0) is 0 Å². The second-order valence-corrected chi connectivity index (χ2v) is 6.56. The zero-order valence-electron chi connectivity index (χ0n) is 13.3. The van der Waals surface area contributed by atoms with Crippen LogP contribution in [0.2, 0.25) is 0 Å².